The van der Waals surface area contributed by atoms with E-state index in [-0.39, 0.29) is 53.7 Å². The van der Waals surface area contributed by atoms with Gasteiger partial charge in [0.25, 0.3) is 16.7 Å². The van der Waals surface area contributed by atoms with Gasteiger partial charge in [-0.15, -0.1) is 43.7 Å². The van der Waals surface area contributed by atoms with Crippen molar-refractivity contribution in [1.82, 2.24) is 73.3 Å². The summed E-state index contributed by atoms with van der Waals surface area (Å²) in [5.74, 6) is 0.226. The van der Waals surface area contributed by atoms with Crippen molar-refractivity contribution in [1.29, 1.82) is 0 Å². The second-order valence-electron chi connectivity index (χ2n) is 18.1. The minimum absolute atomic E-state index is 0. The lowest BCUT2D eigenvalue weighted by Gasteiger charge is -2.46. The van der Waals surface area contributed by atoms with Gasteiger partial charge in [-0.2, -0.15) is 4.98 Å². The first kappa shape index (κ1) is 55.9. The molecule has 0 radical (unpaired) electrons. The molecule has 77 heavy (non-hydrogen) atoms. The van der Waals surface area contributed by atoms with Crippen LogP contribution in [0.3, 0.4) is 0 Å². The lowest BCUT2D eigenvalue weighted by molar-refractivity contribution is 0.0945. The van der Waals surface area contributed by atoms with Gasteiger partial charge in [-0.25, -0.2) is 67.1 Å². The quantitative estimate of drug-likeness (QED) is 0.0484. The van der Waals surface area contributed by atoms with E-state index < -0.39 is 11.6 Å². The van der Waals surface area contributed by atoms with Gasteiger partial charge in [0.2, 0.25) is 5.95 Å². The number of halogens is 3. The third-order valence-electron chi connectivity index (χ3n) is 13.3. The number of thioether (sulfide) groups is 2. The van der Waals surface area contributed by atoms with Gasteiger partial charge in [0.1, 0.15) is 27.8 Å². The van der Waals surface area contributed by atoms with Crippen LogP contribution in [0.2, 0.25) is 0 Å². The molecule has 0 aliphatic carbocycles. The van der Waals surface area contributed by atoms with Crippen LogP contribution < -0.4 is 26.9 Å². The molecule has 9 aromatic rings. The van der Waals surface area contributed by atoms with Crippen molar-refractivity contribution in [2.45, 2.75) is 55.6 Å². The maximum absolute atomic E-state index is 13.5. The number of allylic oxidation sites excluding steroid dienone is 3. The Bertz CT molecular complexity index is 3730. The second kappa shape index (κ2) is 24.8. The van der Waals surface area contributed by atoms with E-state index in [0.29, 0.717) is 73.0 Å². The topological polar surface area (TPSA) is 213 Å². The van der Waals surface area contributed by atoms with Crippen LogP contribution in [0, 0.1) is 17.0 Å². The molecule has 0 amide bonds. The zero-order valence-corrected chi connectivity index (χ0v) is 46.5. The number of H-pyrrole nitrogens is 1. The van der Waals surface area contributed by atoms with Crippen molar-refractivity contribution in [3.63, 3.8) is 0 Å². The van der Waals surface area contributed by atoms with Crippen LogP contribution in [0.4, 0.5) is 26.1 Å². The minimum Gasteiger partial charge on any atom is -0.371 e. The minimum atomic E-state index is -0.459. The first-order chi connectivity index (χ1) is 36.9. The number of piperidine rings is 2. The smallest absolute Gasteiger partial charge is 0.278 e. The Hall–Kier alpha value is -7.36. The number of anilines is 3. The number of pyridine rings is 2. The molecule has 20 nitrogen and oxygen atoms in total. The van der Waals surface area contributed by atoms with E-state index in [1.54, 1.807) is 33.8 Å². The van der Waals surface area contributed by atoms with Crippen molar-refractivity contribution in [2.75, 3.05) is 56.0 Å². The summed E-state index contributed by atoms with van der Waals surface area (Å²) in [6.07, 6.45) is 20.5. The van der Waals surface area contributed by atoms with Gasteiger partial charge < -0.3 is 15.1 Å². The maximum atomic E-state index is 13.5. The lowest BCUT2D eigenvalue weighted by atomic mass is 9.71. The Labute approximate surface area is 466 Å². The van der Waals surface area contributed by atoms with Crippen LogP contribution in [0.5, 0.6) is 0 Å². The van der Waals surface area contributed by atoms with E-state index in [0.717, 1.165) is 31.2 Å². The molecule has 2 fully saturated rings. The Balaban J connectivity index is 0.000000173. The maximum Gasteiger partial charge on any atom is 0.278 e. The normalized spacial score (nSPS) is 14.1. The summed E-state index contributed by atoms with van der Waals surface area (Å²) in [5.41, 5.74) is 3.35. The van der Waals surface area contributed by atoms with Gasteiger partial charge in [0, 0.05) is 43.1 Å². The van der Waals surface area contributed by atoms with E-state index in [1.165, 1.54) is 119 Å². The molecule has 400 valence electrons. The molecule has 11 rings (SSSR count). The third kappa shape index (κ3) is 12.1. The molecular weight excluding hydrogens is 1140 g/mol. The van der Waals surface area contributed by atoms with Crippen LogP contribution in [0.1, 0.15) is 25.7 Å². The average molecular weight is 1200 g/mol. The predicted molar refractivity (Wildman–Crippen MR) is 310 cm³/mol. The van der Waals surface area contributed by atoms with Crippen LogP contribution in [-0.4, -0.2) is 119 Å². The zero-order chi connectivity index (χ0) is 53.5. The number of nitrogens with one attached hydrogen (secondary N) is 2. The molecule has 2 aliphatic rings. The highest BCUT2D eigenvalue weighted by Crippen LogP contribution is 2.42. The predicted octanol–water partition coefficient (Wildman–Crippen LogP) is 8.03. The Morgan fingerprint density at radius 1 is 0.623 bits per heavy atom. The average Bonchev–Trinajstić information content (AvgIpc) is 4.04. The molecule has 1 aromatic carbocycles. The number of nitrogens with zero attached hydrogens (tertiary/aromatic N) is 15. The number of fused-ring (bicyclic) bond motifs is 3. The van der Waals surface area contributed by atoms with E-state index >= 15 is 0 Å². The van der Waals surface area contributed by atoms with Crippen molar-refractivity contribution in [2.24, 2.45) is 5.41 Å². The van der Waals surface area contributed by atoms with Crippen LogP contribution in [0.25, 0.3) is 44.7 Å². The standard InChI is InChI=1S/C29H33FN8O.C14H12FN5OS.C9H10N4OS.HI/c1-3-14-37-27(39)24-20-32-28(34-26(24)38(37)25-9-4-21(30)19-31-25)33-22-5-7-23(8-6-22)36-17-12-29(13-18-36)10-15-35(2)16-11-29;1-3-6-19-13(21)10-8-17-14(22-2)18-12(10)20(19)11-5-4-9(15)7-16-11;1-3-4-13-8(14)6-5-10-9(15-2)11-7(6)12-13;/h3-9,19-20H,1,10-18H2,2H3,(H,32,33,34);3-5,7-8H,1,6H2,2H3;3,5H,1,4H2,2H3,(H,10,11,12);1H. The van der Waals surface area contributed by atoms with Crippen LogP contribution >= 0.6 is 47.5 Å². The fourth-order valence-corrected chi connectivity index (χ4v) is 9.91. The number of hydrogen-bond donors (Lipinski definition) is 2. The Morgan fingerprint density at radius 2 is 1.13 bits per heavy atom. The molecular formula is C52H56F2IN17O3S2. The summed E-state index contributed by atoms with van der Waals surface area (Å²) in [4.78, 5) is 76.1. The van der Waals surface area contributed by atoms with Crippen molar-refractivity contribution in [3.05, 3.63) is 160 Å². The fraction of sp³-hybridized carbons (Fsp3) is 0.288. The highest BCUT2D eigenvalue weighted by Gasteiger charge is 2.37. The zero-order valence-electron chi connectivity index (χ0n) is 42.6. The molecule has 25 heteroatoms. The molecule has 2 aliphatic heterocycles. The van der Waals surface area contributed by atoms with Gasteiger partial charge in [0.05, 0.1) is 32.0 Å². The Morgan fingerprint density at radius 3 is 1.65 bits per heavy atom. The van der Waals surface area contributed by atoms with Crippen LogP contribution in [0.15, 0.2) is 142 Å². The monoisotopic (exact) mass is 1200 g/mol. The van der Waals surface area contributed by atoms with Gasteiger partial charge in [-0.05, 0) is 112 Å². The molecule has 0 saturated carbocycles. The van der Waals surface area contributed by atoms with Crippen molar-refractivity contribution >= 4 is 97.9 Å². The highest BCUT2D eigenvalue weighted by atomic mass is 127. The summed E-state index contributed by atoms with van der Waals surface area (Å²) < 4.78 is 34.1. The van der Waals surface area contributed by atoms with E-state index in [1.807, 2.05) is 24.6 Å². The number of likely N-dealkylation sites (tertiary alicyclic amines) is 1. The number of hydrogen-bond acceptors (Lipinski definition) is 16. The summed E-state index contributed by atoms with van der Waals surface area (Å²) >= 11 is 2.81. The molecule has 2 N–H and O–H groups in total. The van der Waals surface area contributed by atoms with Gasteiger partial charge in [-0.3, -0.25) is 19.5 Å². The molecule has 1 spiro atoms. The van der Waals surface area contributed by atoms with Crippen LogP contribution in [-0.2, 0) is 19.6 Å². The fourth-order valence-electron chi connectivity index (χ4n) is 9.23. The molecule has 0 bridgehead atoms. The molecule has 0 atom stereocenters. The summed E-state index contributed by atoms with van der Waals surface area (Å²) in [6, 6.07) is 13.9. The number of aromatic amines is 1. The molecule has 0 unspecified atom stereocenters. The van der Waals surface area contributed by atoms with Crippen molar-refractivity contribution < 1.29 is 8.78 Å². The second-order valence-corrected chi connectivity index (χ2v) is 19.6. The SMILES string of the molecule is C=CCn1[nH]c2nc(SC)ncc2c1=O.C=CCn1c(=O)c2cnc(Nc3ccc(N4CCC5(CCN(C)CC5)CC4)cc3)nc2n1-c1ccc(F)cn1.C=CCn1c(=O)c2cnc(SC)nc2n1-c1ccc(F)cn1.I. The van der Waals surface area contributed by atoms with E-state index in [9.17, 15) is 23.2 Å². The molecule has 8 aromatic heterocycles. The summed E-state index contributed by atoms with van der Waals surface area (Å²) in [6.45, 7) is 16.6. The number of rotatable bonds is 13. The van der Waals surface area contributed by atoms with Gasteiger partial charge in [-0.1, -0.05) is 41.8 Å². The Kier molecular flexibility index (Phi) is 18.0. The van der Waals surface area contributed by atoms with Gasteiger partial charge >= 0.3 is 0 Å². The number of aromatic nitrogens is 14. The first-order valence-electron chi connectivity index (χ1n) is 24.2. The number of benzene rings is 1. The van der Waals surface area contributed by atoms with E-state index in [4.69, 9.17) is 0 Å². The lowest BCUT2D eigenvalue weighted by Crippen LogP contribution is -2.46. The van der Waals surface area contributed by atoms with Gasteiger partial charge in [0.15, 0.2) is 38.9 Å². The molecule has 10 heterocycles. The summed E-state index contributed by atoms with van der Waals surface area (Å²) in [7, 11) is 2.22. The third-order valence-corrected chi connectivity index (χ3v) is 14.4. The largest absolute Gasteiger partial charge is 0.371 e. The molecule has 2 saturated heterocycles. The van der Waals surface area contributed by atoms with Crippen molar-refractivity contribution in [3.8, 4) is 11.6 Å². The summed E-state index contributed by atoms with van der Waals surface area (Å²) in [5, 5.41) is 8.58. The highest BCUT2D eigenvalue weighted by molar-refractivity contribution is 14.0. The first-order valence-corrected chi connectivity index (χ1v) is 26.7. The van der Waals surface area contributed by atoms with E-state index in [2.05, 4.69) is 99.0 Å².